The molecule has 0 unspecified atom stereocenters. The number of likely N-dealkylation sites (tertiary alicyclic amines) is 1. The van der Waals surface area contributed by atoms with Gasteiger partial charge < -0.3 is 10.1 Å². The molecule has 2 aromatic carbocycles. The van der Waals surface area contributed by atoms with Crippen LogP contribution in [0, 0.1) is 0 Å². The van der Waals surface area contributed by atoms with E-state index in [2.05, 4.69) is 38.4 Å². The Hall–Kier alpha value is -2.86. The highest BCUT2D eigenvalue weighted by atomic mass is 16.5. The average Bonchev–Trinajstić information content (AvgIpc) is 3.41. The van der Waals surface area contributed by atoms with Crippen molar-refractivity contribution in [2.24, 2.45) is 0 Å². The molecule has 0 aliphatic carbocycles. The summed E-state index contributed by atoms with van der Waals surface area (Å²) in [5.41, 5.74) is 3.01. The van der Waals surface area contributed by atoms with Gasteiger partial charge in [-0.25, -0.2) is 4.98 Å². The fraction of sp³-hybridized carbons (Fsp3) is 0.364. The topological polar surface area (TPSA) is 66.1 Å². The van der Waals surface area contributed by atoms with Crippen LogP contribution in [-0.2, 0) is 6.42 Å². The number of benzene rings is 2. The maximum atomic E-state index is 5.87. The SMILES string of the molecule is CCc1nc(-c2cccc(Nc3ccc(OCCN4CCCC4)cc3)c2)n[nH]1. The van der Waals surface area contributed by atoms with Crippen molar-refractivity contribution in [1.29, 1.82) is 0 Å². The molecule has 0 amide bonds. The molecule has 2 N–H and O–H groups in total. The van der Waals surface area contributed by atoms with Crippen LogP contribution < -0.4 is 10.1 Å². The van der Waals surface area contributed by atoms with Gasteiger partial charge in [0.1, 0.15) is 18.2 Å². The monoisotopic (exact) mass is 377 g/mol. The van der Waals surface area contributed by atoms with Crippen molar-refractivity contribution in [3.8, 4) is 17.1 Å². The van der Waals surface area contributed by atoms with Crippen LogP contribution in [0.4, 0.5) is 11.4 Å². The first kappa shape index (κ1) is 18.5. The minimum absolute atomic E-state index is 0.724. The zero-order chi connectivity index (χ0) is 19.2. The van der Waals surface area contributed by atoms with E-state index in [-0.39, 0.29) is 0 Å². The summed E-state index contributed by atoms with van der Waals surface area (Å²) in [7, 11) is 0. The number of hydrogen-bond acceptors (Lipinski definition) is 5. The number of anilines is 2. The molecule has 1 fully saturated rings. The van der Waals surface area contributed by atoms with Crippen LogP contribution in [0.15, 0.2) is 48.5 Å². The number of ether oxygens (including phenoxy) is 1. The molecule has 0 saturated carbocycles. The van der Waals surface area contributed by atoms with Gasteiger partial charge in [-0.2, -0.15) is 5.10 Å². The molecule has 0 radical (unpaired) electrons. The Morgan fingerprint density at radius 1 is 1.07 bits per heavy atom. The lowest BCUT2D eigenvalue weighted by Gasteiger charge is -2.15. The lowest BCUT2D eigenvalue weighted by Crippen LogP contribution is -2.25. The van der Waals surface area contributed by atoms with Gasteiger partial charge in [0.15, 0.2) is 5.82 Å². The molecule has 4 rings (SSSR count). The molecular formula is C22H27N5O. The van der Waals surface area contributed by atoms with E-state index in [9.17, 15) is 0 Å². The molecule has 1 aromatic heterocycles. The van der Waals surface area contributed by atoms with Crippen molar-refractivity contribution in [2.45, 2.75) is 26.2 Å². The summed E-state index contributed by atoms with van der Waals surface area (Å²) in [6, 6.07) is 16.2. The summed E-state index contributed by atoms with van der Waals surface area (Å²) in [5, 5.41) is 10.7. The van der Waals surface area contributed by atoms with Gasteiger partial charge in [0.2, 0.25) is 0 Å². The Bertz CT molecular complexity index is 884. The van der Waals surface area contributed by atoms with Gasteiger partial charge >= 0.3 is 0 Å². The average molecular weight is 377 g/mol. The summed E-state index contributed by atoms with van der Waals surface area (Å²) in [6.07, 6.45) is 3.48. The highest BCUT2D eigenvalue weighted by Crippen LogP contribution is 2.24. The third kappa shape index (κ3) is 4.70. The van der Waals surface area contributed by atoms with Crippen molar-refractivity contribution in [1.82, 2.24) is 20.1 Å². The predicted molar refractivity (Wildman–Crippen MR) is 112 cm³/mol. The van der Waals surface area contributed by atoms with Gasteiger partial charge in [0.05, 0.1) is 0 Å². The van der Waals surface area contributed by atoms with E-state index in [1.54, 1.807) is 0 Å². The summed E-state index contributed by atoms with van der Waals surface area (Å²) in [6.45, 7) is 6.22. The van der Waals surface area contributed by atoms with E-state index in [1.165, 1.54) is 25.9 Å². The molecule has 146 valence electrons. The van der Waals surface area contributed by atoms with Gasteiger partial charge in [-0.05, 0) is 62.3 Å². The molecule has 28 heavy (non-hydrogen) atoms. The Labute approximate surface area is 165 Å². The molecule has 6 heteroatoms. The van der Waals surface area contributed by atoms with E-state index in [0.717, 1.165) is 53.9 Å². The van der Waals surface area contributed by atoms with Crippen LogP contribution in [0.5, 0.6) is 5.75 Å². The first-order valence-corrected chi connectivity index (χ1v) is 10.0. The molecule has 2 heterocycles. The van der Waals surface area contributed by atoms with Gasteiger partial charge in [0.25, 0.3) is 0 Å². The third-order valence-electron chi connectivity index (χ3n) is 5.01. The van der Waals surface area contributed by atoms with Gasteiger partial charge in [-0.3, -0.25) is 10.00 Å². The fourth-order valence-electron chi connectivity index (χ4n) is 3.42. The van der Waals surface area contributed by atoms with E-state index in [0.29, 0.717) is 0 Å². The third-order valence-corrected chi connectivity index (χ3v) is 5.01. The number of nitrogens with one attached hydrogen (secondary N) is 2. The number of aromatic amines is 1. The highest BCUT2D eigenvalue weighted by Gasteiger charge is 2.10. The first-order chi connectivity index (χ1) is 13.8. The summed E-state index contributed by atoms with van der Waals surface area (Å²) in [5.74, 6) is 2.53. The van der Waals surface area contributed by atoms with Crippen LogP contribution in [0.25, 0.3) is 11.4 Å². The molecule has 0 bridgehead atoms. The van der Waals surface area contributed by atoms with Crippen molar-refractivity contribution < 1.29 is 4.74 Å². The minimum atomic E-state index is 0.724. The van der Waals surface area contributed by atoms with Crippen LogP contribution in [-0.4, -0.2) is 46.3 Å². The number of H-pyrrole nitrogens is 1. The Morgan fingerprint density at radius 3 is 2.64 bits per heavy atom. The minimum Gasteiger partial charge on any atom is -0.492 e. The fourth-order valence-corrected chi connectivity index (χ4v) is 3.42. The molecule has 6 nitrogen and oxygen atoms in total. The van der Waals surface area contributed by atoms with E-state index in [1.807, 2.05) is 42.5 Å². The number of nitrogens with zero attached hydrogens (tertiary/aromatic N) is 3. The second-order valence-corrected chi connectivity index (χ2v) is 7.09. The maximum Gasteiger partial charge on any atom is 0.181 e. The van der Waals surface area contributed by atoms with E-state index >= 15 is 0 Å². The van der Waals surface area contributed by atoms with Crippen molar-refractivity contribution in [3.05, 3.63) is 54.4 Å². The molecule has 0 spiro atoms. The Balaban J connectivity index is 1.34. The molecule has 1 aliphatic rings. The normalized spacial score (nSPS) is 14.3. The van der Waals surface area contributed by atoms with E-state index in [4.69, 9.17) is 4.74 Å². The zero-order valence-electron chi connectivity index (χ0n) is 16.3. The molecule has 0 atom stereocenters. The number of hydrogen-bond donors (Lipinski definition) is 2. The quantitative estimate of drug-likeness (QED) is 0.614. The lowest BCUT2D eigenvalue weighted by atomic mass is 10.2. The molecule has 1 aliphatic heterocycles. The van der Waals surface area contributed by atoms with Crippen LogP contribution in [0.2, 0.25) is 0 Å². The lowest BCUT2D eigenvalue weighted by molar-refractivity contribution is 0.238. The standard InChI is InChI=1S/C22H27N5O/c1-2-21-24-22(26-25-21)17-6-5-7-19(16-17)23-18-8-10-20(11-9-18)28-15-14-27-12-3-4-13-27/h5-11,16,23H,2-4,12-15H2,1H3,(H,24,25,26). The van der Waals surface area contributed by atoms with E-state index < -0.39 is 0 Å². The van der Waals surface area contributed by atoms with Crippen LogP contribution >= 0.6 is 0 Å². The van der Waals surface area contributed by atoms with Gasteiger partial charge in [0, 0.05) is 29.9 Å². The largest absolute Gasteiger partial charge is 0.492 e. The Morgan fingerprint density at radius 2 is 1.89 bits per heavy atom. The number of aryl methyl sites for hydroxylation is 1. The van der Waals surface area contributed by atoms with Gasteiger partial charge in [-0.1, -0.05) is 19.1 Å². The number of aromatic nitrogens is 3. The molecular weight excluding hydrogens is 350 g/mol. The summed E-state index contributed by atoms with van der Waals surface area (Å²) >= 11 is 0. The van der Waals surface area contributed by atoms with Crippen molar-refractivity contribution in [3.63, 3.8) is 0 Å². The zero-order valence-corrected chi connectivity index (χ0v) is 16.3. The second kappa shape index (κ2) is 8.89. The van der Waals surface area contributed by atoms with Crippen molar-refractivity contribution in [2.75, 3.05) is 31.6 Å². The second-order valence-electron chi connectivity index (χ2n) is 7.09. The summed E-state index contributed by atoms with van der Waals surface area (Å²) < 4.78 is 5.87. The Kier molecular flexibility index (Phi) is 5.87. The van der Waals surface area contributed by atoms with Crippen LogP contribution in [0.1, 0.15) is 25.6 Å². The first-order valence-electron chi connectivity index (χ1n) is 10.0. The highest BCUT2D eigenvalue weighted by molar-refractivity contribution is 5.67. The van der Waals surface area contributed by atoms with Gasteiger partial charge in [-0.15, -0.1) is 0 Å². The van der Waals surface area contributed by atoms with Crippen LogP contribution in [0.3, 0.4) is 0 Å². The van der Waals surface area contributed by atoms with Crippen molar-refractivity contribution >= 4 is 11.4 Å². The summed E-state index contributed by atoms with van der Waals surface area (Å²) in [4.78, 5) is 6.96. The molecule has 1 saturated heterocycles. The predicted octanol–water partition coefficient (Wildman–Crippen LogP) is 4.25. The number of rotatable bonds is 8. The molecule has 3 aromatic rings. The maximum absolute atomic E-state index is 5.87. The smallest absolute Gasteiger partial charge is 0.181 e.